The summed E-state index contributed by atoms with van der Waals surface area (Å²) in [4.78, 5) is 3.97. The number of aromatic nitrogens is 3. The molecule has 1 unspecified atom stereocenters. The molecule has 0 aliphatic rings. The first-order chi connectivity index (χ1) is 13.2. The van der Waals surface area contributed by atoms with Crippen LogP contribution in [0.1, 0.15) is 24.1 Å². The van der Waals surface area contributed by atoms with E-state index < -0.39 is 0 Å². The molecule has 1 atom stereocenters. The maximum atomic E-state index is 5.41. The SMILES string of the molecule is COc1cc(CNC(C)c2ccc(-n3cncn3)cc2)cc(OC)c1OC. The van der Waals surface area contributed by atoms with Crippen LogP contribution in [0.3, 0.4) is 0 Å². The third-order valence-corrected chi connectivity index (χ3v) is 4.41. The molecular formula is C20H24N4O3. The van der Waals surface area contributed by atoms with Gasteiger partial charge in [-0.25, -0.2) is 9.67 Å². The number of nitrogens with zero attached hydrogens (tertiary/aromatic N) is 3. The molecule has 0 saturated carbocycles. The Balaban J connectivity index is 1.69. The summed E-state index contributed by atoms with van der Waals surface area (Å²) in [6, 6.07) is 12.3. The maximum absolute atomic E-state index is 5.41. The van der Waals surface area contributed by atoms with E-state index in [9.17, 15) is 0 Å². The fourth-order valence-corrected chi connectivity index (χ4v) is 2.88. The Kier molecular flexibility index (Phi) is 5.93. The normalized spacial score (nSPS) is 11.9. The van der Waals surface area contributed by atoms with Gasteiger partial charge in [0, 0.05) is 12.6 Å². The number of hydrogen-bond acceptors (Lipinski definition) is 6. The van der Waals surface area contributed by atoms with Gasteiger partial charge in [0.1, 0.15) is 12.7 Å². The third kappa shape index (κ3) is 4.20. The van der Waals surface area contributed by atoms with Crippen LogP contribution in [0.2, 0.25) is 0 Å². The Labute approximate surface area is 158 Å². The average Bonchev–Trinajstić information content (AvgIpc) is 3.26. The first-order valence-electron chi connectivity index (χ1n) is 8.63. The summed E-state index contributed by atoms with van der Waals surface area (Å²) in [5.74, 6) is 1.90. The molecule has 3 aromatic rings. The second kappa shape index (κ2) is 8.55. The largest absolute Gasteiger partial charge is 0.493 e. The molecule has 1 N–H and O–H groups in total. The van der Waals surface area contributed by atoms with E-state index in [4.69, 9.17) is 14.2 Å². The van der Waals surface area contributed by atoms with E-state index in [0.29, 0.717) is 23.8 Å². The van der Waals surface area contributed by atoms with Gasteiger partial charge < -0.3 is 19.5 Å². The molecule has 0 fully saturated rings. The minimum absolute atomic E-state index is 0.175. The first kappa shape index (κ1) is 18.7. The minimum Gasteiger partial charge on any atom is -0.493 e. The highest BCUT2D eigenvalue weighted by atomic mass is 16.5. The van der Waals surface area contributed by atoms with Crippen molar-refractivity contribution in [2.45, 2.75) is 19.5 Å². The van der Waals surface area contributed by atoms with E-state index in [2.05, 4.69) is 34.5 Å². The third-order valence-electron chi connectivity index (χ3n) is 4.41. The molecule has 27 heavy (non-hydrogen) atoms. The lowest BCUT2D eigenvalue weighted by molar-refractivity contribution is 0.323. The van der Waals surface area contributed by atoms with Gasteiger partial charge in [-0.1, -0.05) is 12.1 Å². The van der Waals surface area contributed by atoms with Crippen LogP contribution in [-0.2, 0) is 6.54 Å². The van der Waals surface area contributed by atoms with Crippen LogP contribution >= 0.6 is 0 Å². The number of rotatable bonds is 8. The predicted octanol–water partition coefficient (Wildman–Crippen LogP) is 3.14. The molecule has 1 heterocycles. The summed E-state index contributed by atoms with van der Waals surface area (Å²) in [7, 11) is 4.84. The van der Waals surface area contributed by atoms with Crippen molar-refractivity contribution < 1.29 is 14.2 Å². The van der Waals surface area contributed by atoms with E-state index in [1.165, 1.54) is 11.9 Å². The number of nitrogens with one attached hydrogen (secondary N) is 1. The molecule has 7 heteroatoms. The van der Waals surface area contributed by atoms with Crippen LogP contribution in [0.5, 0.6) is 17.2 Å². The summed E-state index contributed by atoms with van der Waals surface area (Å²) < 4.78 is 17.9. The second-order valence-corrected chi connectivity index (χ2v) is 6.07. The van der Waals surface area contributed by atoms with Crippen molar-refractivity contribution in [1.82, 2.24) is 20.1 Å². The average molecular weight is 368 g/mol. The summed E-state index contributed by atoms with van der Waals surface area (Å²) in [6.07, 6.45) is 3.20. The predicted molar refractivity (Wildman–Crippen MR) is 103 cm³/mol. The Morgan fingerprint density at radius 1 is 1.00 bits per heavy atom. The lowest BCUT2D eigenvalue weighted by atomic mass is 10.1. The van der Waals surface area contributed by atoms with Crippen molar-refractivity contribution in [2.75, 3.05) is 21.3 Å². The monoisotopic (exact) mass is 368 g/mol. The molecule has 0 radical (unpaired) electrons. The van der Waals surface area contributed by atoms with Gasteiger partial charge in [0.2, 0.25) is 5.75 Å². The van der Waals surface area contributed by atoms with Gasteiger partial charge in [-0.15, -0.1) is 0 Å². The van der Waals surface area contributed by atoms with Crippen LogP contribution in [0, 0.1) is 0 Å². The molecule has 0 amide bonds. The first-order valence-corrected chi connectivity index (χ1v) is 8.63. The Morgan fingerprint density at radius 3 is 2.19 bits per heavy atom. The number of ether oxygens (including phenoxy) is 3. The Morgan fingerprint density at radius 2 is 1.67 bits per heavy atom. The van der Waals surface area contributed by atoms with Crippen LogP contribution in [-0.4, -0.2) is 36.1 Å². The van der Waals surface area contributed by atoms with E-state index in [0.717, 1.165) is 11.3 Å². The van der Waals surface area contributed by atoms with Gasteiger partial charge >= 0.3 is 0 Å². The molecule has 142 valence electrons. The van der Waals surface area contributed by atoms with Gasteiger partial charge in [0.05, 0.1) is 27.0 Å². The Bertz CT molecular complexity index is 838. The lowest BCUT2D eigenvalue weighted by Gasteiger charge is -2.17. The summed E-state index contributed by atoms with van der Waals surface area (Å²) >= 11 is 0. The molecule has 0 aliphatic heterocycles. The van der Waals surface area contributed by atoms with Crippen molar-refractivity contribution in [1.29, 1.82) is 0 Å². The zero-order valence-electron chi connectivity index (χ0n) is 16.0. The highest BCUT2D eigenvalue weighted by Gasteiger charge is 2.14. The van der Waals surface area contributed by atoms with E-state index >= 15 is 0 Å². The van der Waals surface area contributed by atoms with Crippen LogP contribution in [0.15, 0.2) is 49.1 Å². The number of hydrogen-bond donors (Lipinski definition) is 1. The van der Waals surface area contributed by atoms with Crippen molar-refractivity contribution in [2.24, 2.45) is 0 Å². The standard InChI is InChI=1S/C20H24N4O3/c1-14(16-5-7-17(8-6-16)24-13-21-12-23-24)22-11-15-9-18(25-2)20(27-4)19(10-15)26-3/h5-10,12-14,22H,11H2,1-4H3. The molecule has 1 aromatic heterocycles. The van der Waals surface area contributed by atoms with Crippen LogP contribution < -0.4 is 19.5 Å². The molecule has 3 rings (SSSR count). The van der Waals surface area contributed by atoms with Gasteiger partial charge in [-0.2, -0.15) is 5.10 Å². The highest BCUT2D eigenvalue weighted by Crippen LogP contribution is 2.38. The highest BCUT2D eigenvalue weighted by molar-refractivity contribution is 5.53. The van der Waals surface area contributed by atoms with E-state index in [-0.39, 0.29) is 6.04 Å². The zero-order chi connectivity index (χ0) is 19.2. The quantitative estimate of drug-likeness (QED) is 0.659. The van der Waals surface area contributed by atoms with Crippen LogP contribution in [0.4, 0.5) is 0 Å². The van der Waals surface area contributed by atoms with E-state index in [1.807, 2.05) is 24.3 Å². The van der Waals surface area contributed by atoms with Gasteiger partial charge in [0.15, 0.2) is 11.5 Å². The lowest BCUT2D eigenvalue weighted by Crippen LogP contribution is -2.18. The van der Waals surface area contributed by atoms with Crippen molar-refractivity contribution in [3.63, 3.8) is 0 Å². The topological polar surface area (TPSA) is 70.4 Å². The fraction of sp³-hybridized carbons (Fsp3) is 0.300. The maximum Gasteiger partial charge on any atom is 0.203 e. The molecule has 0 bridgehead atoms. The smallest absolute Gasteiger partial charge is 0.203 e. The molecule has 0 spiro atoms. The van der Waals surface area contributed by atoms with Crippen molar-refractivity contribution >= 4 is 0 Å². The van der Waals surface area contributed by atoms with Crippen LogP contribution in [0.25, 0.3) is 5.69 Å². The molecular weight excluding hydrogens is 344 g/mol. The number of methoxy groups -OCH3 is 3. The van der Waals surface area contributed by atoms with Gasteiger partial charge in [-0.3, -0.25) is 0 Å². The summed E-state index contributed by atoms with van der Waals surface area (Å²) in [5.41, 5.74) is 3.22. The molecule has 0 aliphatic carbocycles. The molecule has 2 aromatic carbocycles. The summed E-state index contributed by atoms with van der Waals surface area (Å²) in [5, 5.41) is 7.66. The molecule has 7 nitrogen and oxygen atoms in total. The number of benzene rings is 2. The second-order valence-electron chi connectivity index (χ2n) is 6.07. The van der Waals surface area contributed by atoms with Gasteiger partial charge in [0.25, 0.3) is 0 Å². The summed E-state index contributed by atoms with van der Waals surface area (Å²) in [6.45, 7) is 2.80. The van der Waals surface area contributed by atoms with Crippen molar-refractivity contribution in [3.8, 4) is 22.9 Å². The fourth-order valence-electron chi connectivity index (χ4n) is 2.88. The zero-order valence-corrected chi connectivity index (χ0v) is 16.0. The van der Waals surface area contributed by atoms with Crippen molar-refractivity contribution in [3.05, 3.63) is 60.2 Å². The van der Waals surface area contributed by atoms with E-state index in [1.54, 1.807) is 32.3 Å². The molecule has 0 saturated heterocycles. The Hall–Kier alpha value is -3.06. The van der Waals surface area contributed by atoms with Gasteiger partial charge in [-0.05, 0) is 42.3 Å². The minimum atomic E-state index is 0.175.